The number of nitrogens with zero attached hydrogens (tertiary/aromatic N) is 5. The van der Waals surface area contributed by atoms with Crippen molar-refractivity contribution < 1.29 is 9.90 Å². The molecule has 2 aromatic heterocycles. The average Bonchev–Trinajstić information content (AvgIpc) is 3.22. The Hall–Kier alpha value is -2.15. The Morgan fingerprint density at radius 2 is 2.09 bits per heavy atom. The summed E-state index contributed by atoms with van der Waals surface area (Å²) in [6.45, 7) is 3.65. The first-order chi connectivity index (χ1) is 11.1. The van der Waals surface area contributed by atoms with E-state index in [-0.39, 0.29) is 11.9 Å². The standard InChI is InChI=1S/C16H23N5O2/c1-2-14(21-8-3-6-18-21)15(22)20-9-4-16(23,5-10-20)12-19-11-7-17-13-19/h3,6-8,11,13-14,23H,2,4-5,9-10,12H2,1H3/t14-/m1/s1. The molecule has 0 saturated carbocycles. The van der Waals surface area contributed by atoms with E-state index in [0.717, 1.165) is 0 Å². The van der Waals surface area contributed by atoms with Gasteiger partial charge in [-0.05, 0) is 25.3 Å². The number of imidazole rings is 1. The maximum absolute atomic E-state index is 12.7. The molecule has 0 spiro atoms. The van der Waals surface area contributed by atoms with Crippen molar-refractivity contribution >= 4 is 5.91 Å². The van der Waals surface area contributed by atoms with Crippen LogP contribution in [0.1, 0.15) is 32.2 Å². The number of rotatable bonds is 5. The van der Waals surface area contributed by atoms with Crippen molar-refractivity contribution in [3.05, 3.63) is 37.2 Å². The highest BCUT2D eigenvalue weighted by molar-refractivity contribution is 5.80. The highest BCUT2D eigenvalue weighted by Crippen LogP contribution is 2.26. The van der Waals surface area contributed by atoms with E-state index in [1.165, 1.54) is 0 Å². The molecule has 1 fully saturated rings. The van der Waals surface area contributed by atoms with Crippen molar-refractivity contribution in [3.63, 3.8) is 0 Å². The van der Waals surface area contributed by atoms with Gasteiger partial charge in [0.2, 0.25) is 5.91 Å². The molecule has 0 aromatic carbocycles. The fourth-order valence-corrected chi connectivity index (χ4v) is 3.17. The summed E-state index contributed by atoms with van der Waals surface area (Å²) in [5.74, 6) is 0.0841. The molecule has 3 heterocycles. The third-order valence-corrected chi connectivity index (χ3v) is 4.56. The first-order valence-electron chi connectivity index (χ1n) is 8.07. The van der Waals surface area contributed by atoms with Crippen LogP contribution in [0.3, 0.4) is 0 Å². The highest BCUT2D eigenvalue weighted by atomic mass is 16.3. The van der Waals surface area contributed by atoms with Gasteiger partial charge in [-0.2, -0.15) is 5.10 Å². The first-order valence-corrected chi connectivity index (χ1v) is 8.07. The number of piperidine rings is 1. The van der Waals surface area contributed by atoms with Crippen molar-refractivity contribution in [2.24, 2.45) is 0 Å². The minimum Gasteiger partial charge on any atom is -0.388 e. The first kappa shape index (κ1) is 15.7. The maximum atomic E-state index is 12.7. The average molecular weight is 317 g/mol. The Balaban J connectivity index is 1.60. The number of carbonyl (C=O) groups excluding carboxylic acids is 1. The van der Waals surface area contributed by atoms with E-state index < -0.39 is 5.60 Å². The normalized spacial score (nSPS) is 18.8. The van der Waals surface area contributed by atoms with Crippen molar-refractivity contribution in [2.75, 3.05) is 13.1 Å². The zero-order valence-electron chi connectivity index (χ0n) is 13.4. The van der Waals surface area contributed by atoms with E-state index in [1.807, 2.05) is 34.9 Å². The summed E-state index contributed by atoms with van der Waals surface area (Å²) in [4.78, 5) is 18.6. The lowest BCUT2D eigenvalue weighted by Crippen LogP contribution is -2.50. The van der Waals surface area contributed by atoms with Gasteiger partial charge in [-0.1, -0.05) is 6.92 Å². The van der Waals surface area contributed by atoms with Crippen LogP contribution in [0.25, 0.3) is 0 Å². The van der Waals surface area contributed by atoms with E-state index in [9.17, 15) is 9.90 Å². The zero-order chi connectivity index (χ0) is 16.3. The molecule has 1 aliphatic heterocycles. The Morgan fingerprint density at radius 1 is 1.30 bits per heavy atom. The van der Waals surface area contributed by atoms with Crippen LogP contribution < -0.4 is 0 Å². The van der Waals surface area contributed by atoms with Crippen LogP contribution in [0, 0.1) is 0 Å². The monoisotopic (exact) mass is 317 g/mol. The molecule has 1 aliphatic rings. The van der Waals surface area contributed by atoms with E-state index in [1.54, 1.807) is 23.4 Å². The van der Waals surface area contributed by atoms with Crippen molar-refractivity contribution in [1.82, 2.24) is 24.2 Å². The molecule has 3 rings (SSSR count). The smallest absolute Gasteiger partial charge is 0.247 e. The lowest BCUT2D eigenvalue weighted by atomic mass is 9.91. The topological polar surface area (TPSA) is 76.2 Å². The van der Waals surface area contributed by atoms with Crippen LogP contribution in [0.2, 0.25) is 0 Å². The molecular weight excluding hydrogens is 294 g/mol. The second kappa shape index (κ2) is 6.54. The fourth-order valence-electron chi connectivity index (χ4n) is 3.17. The fraction of sp³-hybridized carbons (Fsp3) is 0.562. The summed E-state index contributed by atoms with van der Waals surface area (Å²) in [6, 6.07) is 1.57. The van der Waals surface area contributed by atoms with Gasteiger partial charge >= 0.3 is 0 Å². The quantitative estimate of drug-likeness (QED) is 0.895. The molecule has 7 heteroatoms. The maximum Gasteiger partial charge on any atom is 0.247 e. The number of likely N-dealkylation sites (tertiary alicyclic amines) is 1. The van der Waals surface area contributed by atoms with Gasteiger partial charge in [0, 0.05) is 37.9 Å². The van der Waals surface area contributed by atoms with Gasteiger partial charge in [-0.3, -0.25) is 9.48 Å². The summed E-state index contributed by atoms with van der Waals surface area (Å²) < 4.78 is 3.60. The van der Waals surface area contributed by atoms with Crippen LogP contribution in [0.4, 0.5) is 0 Å². The minimum atomic E-state index is -0.773. The van der Waals surface area contributed by atoms with Gasteiger partial charge in [0.05, 0.1) is 18.5 Å². The number of amides is 1. The van der Waals surface area contributed by atoms with Gasteiger partial charge in [-0.15, -0.1) is 0 Å². The molecule has 2 aromatic rings. The minimum absolute atomic E-state index is 0.0841. The summed E-state index contributed by atoms with van der Waals surface area (Å²) in [7, 11) is 0. The molecule has 1 amide bonds. The number of aromatic nitrogens is 4. The van der Waals surface area contributed by atoms with Gasteiger partial charge in [0.25, 0.3) is 0 Å². The van der Waals surface area contributed by atoms with Gasteiger partial charge in [-0.25, -0.2) is 4.98 Å². The molecule has 0 radical (unpaired) electrons. The van der Waals surface area contributed by atoms with E-state index >= 15 is 0 Å². The molecule has 0 aliphatic carbocycles. The summed E-state index contributed by atoms with van der Waals surface area (Å²) in [5, 5.41) is 14.9. The lowest BCUT2D eigenvalue weighted by Gasteiger charge is -2.39. The van der Waals surface area contributed by atoms with E-state index in [4.69, 9.17) is 0 Å². The molecular formula is C16H23N5O2. The third-order valence-electron chi connectivity index (χ3n) is 4.56. The molecule has 0 bridgehead atoms. The second-order valence-corrected chi connectivity index (χ2v) is 6.19. The van der Waals surface area contributed by atoms with Crippen molar-refractivity contribution in [3.8, 4) is 0 Å². The lowest BCUT2D eigenvalue weighted by molar-refractivity contribution is -0.139. The van der Waals surface area contributed by atoms with Gasteiger partial charge in [0.15, 0.2) is 0 Å². The van der Waals surface area contributed by atoms with Crippen LogP contribution in [0.15, 0.2) is 37.2 Å². The Labute approximate surface area is 135 Å². The third kappa shape index (κ3) is 3.44. The highest BCUT2D eigenvalue weighted by Gasteiger charge is 2.36. The number of carbonyl (C=O) groups is 1. The zero-order valence-corrected chi connectivity index (χ0v) is 13.4. The number of hydrogen-bond acceptors (Lipinski definition) is 4. The molecule has 23 heavy (non-hydrogen) atoms. The molecule has 1 N–H and O–H groups in total. The van der Waals surface area contributed by atoms with Crippen LogP contribution >= 0.6 is 0 Å². The Bertz CT molecular complexity index is 615. The predicted octanol–water partition coefficient (Wildman–Crippen LogP) is 1.08. The second-order valence-electron chi connectivity index (χ2n) is 6.19. The van der Waals surface area contributed by atoms with E-state index in [2.05, 4.69) is 10.1 Å². The largest absolute Gasteiger partial charge is 0.388 e. The summed E-state index contributed by atoms with van der Waals surface area (Å²) >= 11 is 0. The number of hydrogen-bond donors (Lipinski definition) is 1. The van der Waals surface area contributed by atoms with Crippen molar-refractivity contribution in [1.29, 1.82) is 0 Å². The van der Waals surface area contributed by atoms with Crippen LogP contribution in [-0.2, 0) is 11.3 Å². The molecule has 7 nitrogen and oxygen atoms in total. The van der Waals surface area contributed by atoms with Crippen LogP contribution in [0.5, 0.6) is 0 Å². The molecule has 0 unspecified atom stereocenters. The van der Waals surface area contributed by atoms with Gasteiger partial charge in [0.1, 0.15) is 6.04 Å². The molecule has 1 atom stereocenters. The molecule has 124 valence electrons. The van der Waals surface area contributed by atoms with E-state index in [0.29, 0.717) is 38.9 Å². The van der Waals surface area contributed by atoms with Crippen molar-refractivity contribution in [2.45, 2.75) is 44.4 Å². The number of aliphatic hydroxyl groups is 1. The summed E-state index contributed by atoms with van der Waals surface area (Å²) in [5.41, 5.74) is -0.773. The Morgan fingerprint density at radius 3 is 2.65 bits per heavy atom. The van der Waals surface area contributed by atoms with Gasteiger partial charge < -0.3 is 14.6 Å². The predicted molar refractivity (Wildman–Crippen MR) is 84.5 cm³/mol. The molecule has 1 saturated heterocycles. The summed E-state index contributed by atoms with van der Waals surface area (Å²) in [6.07, 6.45) is 10.6. The van der Waals surface area contributed by atoms with Crippen LogP contribution in [-0.4, -0.2) is 53.9 Å². The Kier molecular flexibility index (Phi) is 4.47. The SMILES string of the molecule is CC[C@H](C(=O)N1CCC(O)(Cn2ccnc2)CC1)n1cccn1.